The van der Waals surface area contributed by atoms with Gasteiger partial charge in [-0.3, -0.25) is 0 Å². The highest BCUT2D eigenvalue weighted by Gasteiger charge is 2.11. The number of hydrogen-bond acceptors (Lipinski definition) is 3. The summed E-state index contributed by atoms with van der Waals surface area (Å²) in [5, 5.41) is 3.54. The lowest BCUT2D eigenvalue weighted by Gasteiger charge is -2.21. The number of benzene rings is 1. The van der Waals surface area contributed by atoms with Crippen molar-refractivity contribution in [2.45, 2.75) is 46.6 Å². The Hall–Kier alpha value is -1.22. The zero-order valence-electron chi connectivity index (χ0n) is 14.2. The third-order valence-electron chi connectivity index (χ3n) is 3.47. The number of hydrogen-bond donors (Lipinski definition) is 1. The second kappa shape index (κ2) is 9.67. The molecule has 0 aliphatic heterocycles. The molecule has 1 N–H and O–H groups in total. The molecule has 0 saturated heterocycles. The first kappa shape index (κ1) is 17.8. The van der Waals surface area contributed by atoms with Gasteiger partial charge in [0.05, 0.1) is 13.7 Å². The quantitative estimate of drug-likeness (QED) is 0.704. The van der Waals surface area contributed by atoms with Crippen LogP contribution in [-0.4, -0.2) is 26.3 Å². The zero-order chi connectivity index (χ0) is 15.7. The van der Waals surface area contributed by atoms with Gasteiger partial charge in [0.25, 0.3) is 0 Å². The molecular weight excluding hydrogens is 262 g/mol. The van der Waals surface area contributed by atoms with Crippen molar-refractivity contribution in [3.05, 3.63) is 24.3 Å². The van der Waals surface area contributed by atoms with Gasteiger partial charge in [0.15, 0.2) is 0 Å². The van der Waals surface area contributed by atoms with Gasteiger partial charge in [0.1, 0.15) is 11.5 Å². The topological polar surface area (TPSA) is 30.5 Å². The molecule has 120 valence electrons. The molecule has 0 aliphatic rings. The van der Waals surface area contributed by atoms with Gasteiger partial charge in [0, 0.05) is 6.04 Å². The molecule has 0 aromatic heterocycles. The van der Waals surface area contributed by atoms with Crippen molar-refractivity contribution >= 4 is 0 Å². The van der Waals surface area contributed by atoms with Gasteiger partial charge in [-0.15, -0.1) is 0 Å². The number of rotatable bonds is 10. The highest BCUT2D eigenvalue weighted by molar-refractivity contribution is 5.31. The van der Waals surface area contributed by atoms with E-state index >= 15 is 0 Å². The fourth-order valence-electron chi connectivity index (χ4n) is 2.39. The van der Waals surface area contributed by atoms with Crippen LogP contribution in [0, 0.1) is 11.8 Å². The second-order valence-corrected chi connectivity index (χ2v) is 6.37. The van der Waals surface area contributed by atoms with Crippen molar-refractivity contribution in [1.82, 2.24) is 5.32 Å². The summed E-state index contributed by atoms with van der Waals surface area (Å²) in [4.78, 5) is 0. The van der Waals surface area contributed by atoms with Crippen LogP contribution in [-0.2, 0) is 0 Å². The summed E-state index contributed by atoms with van der Waals surface area (Å²) in [6.45, 7) is 10.8. The molecule has 1 aromatic rings. The summed E-state index contributed by atoms with van der Waals surface area (Å²) >= 11 is 0. The molecule has 3 nitrogen and oxygen atoms in total. The SMILES string of the molecule is COc1ccc(OCCC(CNC(C)C)CC(C)C)cc1. The van der Waals surface area contributed by atoms with Gasteiger partial charge in [-0.25, -0.2) is 0 Å². The molecule has 1 aromatic carbocycles. The molecular formula is C18H31NO2. The van der Waals surface area contributed by atoms with E-state index in [1.54, 1.807) is 7.11 Å². The summed E-state index contributed by atoms with van der Waals surface area (Å²) in [5.41, 5.74) is 0. The molecule has 1 unspecified atom stereocenters. The molecule has 0 heterocycles. The minimum absolute atomic E-state index is 0.544. The molecule has 3 heteroatoms. The average molecular weight is 293 g/mol. The molecule has 0 spiro atoms. The Morgan fingerprint density at radius 2 is 1.62 bits per heavy atom. The second-order valence-electron chi connectivity index (χ2n) is 6.37. The maximum absolute atomic E-state index is 5.84. The Kier molecular flexibility index (Phi) is 8.21. The van der Waals surface area contributed by atoms with Gasteiger partial charge >= 0.3 is 0 Å². The van der Waals surface area contributed by atoms with Crippen LogP contribution in [0.3, 0.4) is 0 Å². The van der Waals surface area contributed by atoms with Gasteiger partial charge in [-0.05, 0) is 55.5 Å². The summed E-state index contributed by atoms with van der Waals surface area (Å²) in [5.74, 6) is 3.17. The minimum atomic E-state index is 0.544. The number of ether oxygens (including phenoxy) is 2. The minimum Gasteiger partial charge on any atom is -0.497 e. The first-order valence-electron chi connectivity index (χ1n) is 8.01. The lowest BCUT2D eigenvalue weighted by Crippen LogP contribution is -2.30. The molecule has 0 aliphatic carbocycles. The van der Waals surface area contributed by atoms with E-state index in [2.05, 4.69) is 33.0 Å². The van der Waals surface area contributed by atoms with E-state index in [0.717, 1.165) is 37.0 Å². The van der Waals surface area contributed by atoms with Gasteiger partial charge in [-0.1, -0.05) is 27.7 Å². The smallest absolute Gasteiger partial charge is 0.119 e. The first-order chi connectivity index (χ1) is 10.0. The summed E-state index contributed by atoms with van der Waals surface area (Å²) in [6.07, 6.45) is 2.33. The zero-order valence-corrected chi connectivity index (χ0v) is 14.2. The highest BCUT2D eigenvalue weighted by Crippen LogP contribution is 2.19. The molecule has 0 fully saturated rings. The van der Waals surface area contributed by atoms with Crippen LogP contribution >= 0.6 is 0 Å². The Bertz CT molecular complexity index is 373. The molecule has 1 atom stereocenters. The van der Waals surface area contributed by atoms with E-state index < -0.39 is 0 Å². The van der Waals surface area contributed by atoms with Gasteiger partial charge < -0.3 is 14.8 Å². The van der Waals surface area contributed by atoms with Crippen LogP contribution in [0.1, 0.15) is 40.5 Å². The van der Waals surface area contributed by atoms with E-state index in [4.69, 9.17) is 9.47 Å². The van der Waals surface area contributed by atoms with Crippen LogP contribution in [0.15, 0.2) is 24.3 Å². The van der Waals surface area contributed by atoms with Crippen LogP contribution in [0.5, 0.6) is 11.5 Å². The fourth-order valence-corrected chi connectivity index (χ4v) is 2.39. The van der Waals surface area contributed by atoms with Crippen molar-refractivity contribution in [2.75, 3.05) is 20.3 Å². The van der Waals surface area contributed by atoms with Crippen LogP contribution in [0.2, 0.25) is 0 Å². The van der Waals surface area contributed by atoms with E-state index in [-0.39, 0.29) is 0 Å². The largest absolute Gasteiger partial charge is 0.497 e. The normalized spacial score (nSPS) is 12.7. The van der Waals surface area contributed by atoms with Crippen LogP contribution < -0.4 is 14.8 Å². The standard InChI is InChI=1S/C18H31NO2/c1-14(2)12-16(13-19-15(3)4)10-11-21-18-8-6-17(20-5)7-9-18/h6-9,14-16,19H,10-13H2,1-5H3. The Morgan fingerprint density at radius 3 is 2.14 bits per heavy atom. The fraction of sp³-hybridized carbons (Fsp3) is 0.667. The predicted molar refractivity (Wildman–Crippen MR) is 89.2 cm³/mol. The molecule has 0 radical (unpaired) electrons. The van der Waals surface area contributed by atoms with Gasteiger partial charge in [-0.2, -0.15) is 0 Å². The molecule has 0 saturated carbocycles. The average Bonchev–Trinajstić information content (AvgIpc) is 2.44. The van der Waals surface area contributed by atoms with E-state index in [1.807, 2.05) is 24.3 Å². The maximum Gasteiger partial charge on any atom is 0.119 e. The number of methoxy groups -OCH3 is 1. The maximum atomic E-state index is 5.84. The first-order valence-corrected chi connectivity index (χ1v) is 8.01. The third-order valence-corrected chi connectivity index (χ3v) is 3.47. The molecule has 21 heavy (non-hydrogen) atoms. The monoisotopic (exact) mass is 293 g/mol. The van der Waals surface area contributed by atoms with E-state index in [1.165, 1.54) is 6.42 Å². The Balaban J connectivity index is 2.36. The van der Waals surface area contributed by atoms with Crippen molar-refractivity contribution < 1.29 is 9.47 Å². The van der Waals surface area contributed by atoms with Crippen molar-refractivity contribution in [1.29, 1.82) is 0 Å². The highest BCUT2D eigenvalue weighted by atomic mass is 16.5. The van der Waals surface area contributed by atoms with Gasteiger partial charge in [0.2, 0.25) is 0 Å². The lowest BCUT2D eigenvalue weighted by molar-refractivity contribution is 0.254. The molecule has 0 bridgehead atoms. The Morgan fingerprint density at radius 1 is 1.00 bits per heavy atom. The predicted octanol–water partition coefficient (Wildman–Crippen LogP) is 4.12. The van der Waals surface area contributed by atoms with Crippen LogP contribution in [0.4, 0.5) is 0 Å². The summed E-state index contributed by atoms with van der Waals surface area (Å²) in [6, 6.07) is 8.33. The summed E-state index contributed by atoms with van der Waals surface area (Å²) in [7, 11) is 1.67. The van der Waals surface area contributed by atoms with Crippen molar-refractivity contribution in [3.8, 4) is 11.5 Å². The molecule has 1 rings (SSSR count). The van der Waals surface area contributed by atoms with Crippen molar-refractivity contribution in [3.63, 3.8) is 0 Å². The van der Waals surface area contributed by atoms with Crippen molar-refractivity contribution in [2.24, 2.45) is 11.8 Å². The Labute approximate surface area is 130 Å². The van der Waals surface area contributed by atoms with E-state index in [0.29, 0.717) is 12.0 Å². The summed E-state index contributed by atoms with van der Waals surface area (Å²) < 4.78 is 11.0. The number of nitrogens with one attached hydrogen (secondary N) is 1. The lowest BCUT2D eigenvalue weighted by atomic mass is 9.94. The van der Waals surface area contributed by atoms with Crippen LogP contribution in [0.25, 0.3) is 0 Å². The van der Waals surface area contributed by atoms with E-state index in [9.17, 15) is 0 Å². The third kappa shape index (κ3) is 7.96. The molecule has 0 amide bonds.